The fourth-order valence-corrected chi connectivity index (χ4v) is 2.28. The lowest BCUT2D eigenvalue weighted by molar-refractivity contribution is -0.146. The van der Waals surface area contributed by atoms with Gasteiger partial charge in [0, 0.05) is 12.1 Å². The molecule has 0 spiro atoms. The van der Waals surface area contributed by atoms with Crippen LogP contribution < -0.4 is 4.74 Å². The number of aryl methyl sites for hydroxylation is 1. The Labute approximate surface area is 135 Å². The van der Waals surface area contributed by atoms with Gasteiger partial charge in [-0.2, -0.15) is 0 Å². The van der Waals surface area contributed by atoms with Gasteiger partial charge in [0.15, 0.2) is 6.10 Å². The van der Waals surface area contributed by atoms with E-state index < -0.39 is 12.1 Å². The Balaban J connectivity index is 2.10. The van der Waals surface area contributed by atoms with Gasteiger partial charge >= 0.3 is 5.97 Å². The van der Waals surface area contributed by atoms with Crippen LogP contribution in [0.2, 0.25) is 0 Å². The molecule has 0 aliphatic heterocycles. The number of carbonyl (C=O) groups is 1. The van der Waals surface area contributed by atoms with Gasteiger partial charge in [-0.3, -0.25) is 4.98 Å². The largest absolute Gasteiger partial charge is 0.487 e. The average Bonchev–Trinajstić information content (AvgIpc) is 2.56. The number of ether oxygens (including phenoxy) is 1. The number of carboxylic acids is 1. The number of aliphatic hydroxyl groups excluding tert-OH is 1. The minimum Gasteiger partial charge on any atom is -0.487 e. The topological polar surface area (TPSA) is 79.7 Å². The van der Waals surface area contributed by atoms with E-state index in [1.165, 1.54) is 0 Å². The summed E-state index contributed by atoms with van der Waals surface area (Å²) in [5, 5.41) is 18.3. The quantitative estimate of drug-likeness (QED) is 0.783. The number of pyridine rings is 1. The second kappa shape index (κ2) is 8.29. The number of hydrogen-bond acceptors (Lipinski definition) is 4. The van der Waals surface area contributed by atoms with Crippen LogP contribution in [0.3, 0.4) is 0 Å². The fourth-order valence-electron chi connectivity index (χ4n) is 2.28. The summed E-state index contributed by atoms with van der Waals surface area (Å²) < 4.78 is 5.75. The SMILES string of the molecule is CCCc1cc(OCc2ccccc2)cnc1CC(O)C(=O)O. The third-order valence-corrected chi connectivity index (χ3v) is 3.47. The van der Waals surface area contributed by atoms with E-state index in [0.717, 1.165) is 24.0 Å². The molecule has 1 unspecified atom stereocenters. The van der Waals surface area contributed by atoms with E-state index in [2.05, 4.69) is 4.98 Å². The summed E-state index contributed by atoms with van der Waals surface area (Å²) in [4.78, 5) is 15.1. The molecular weight excluding hydrogens is 294 g/mol. The molecule has 2 rings (SSSR count). The van der Waals surface area contributed by atoms with Crippen molar-refractivity contribution in [3.63, 3.8) is 0 Å². The Morgan fingerprint density at radius 1 is 1.30 bits per heavy atom. The molecule has 23 heavy (non-hydrogen) atoms. The van der Waals surface area contributed by atoms with Gasteiger partial charge in [0.25, 0.3) is 0 Å². The van der Waals surface area contributed by atoms with E-state index in [-0.39, 0.29) is 6.42 Å². The molecule has 5 heteroatoms. The van der Waals surface area contributed by atoms with Crippen LogP contribution in [0, 0.1) is 0 Å². The highest BCUT2D eigenvalue weighted by Gasteiger charge is 2.17. The molecule has 0 aliphatic carbocycles. The molecule has 1 atom stereocenters. The van der Waals surface area contributed by atoms with Gasteiger partial charge in [0.1, 0.15) is 12.4 Å². The Morgan fingerprint density at radius 2 is 2.04 bits per heavy atom. The Kier molecular flexibility index (Phi) is 6.11. The predicted molar refractivity (Wildman–Crippen MR) is 86.4 cm³/mol. The molecule has 0 bridgehead atoms. The highest BCUT2D eigenvalue weighted by molar-refractivity contribution is 5.72. The first-order chi connectivity index (χ1) is 11.1. The first-order valence-electron chi connectivity index (χ1n) is 7.65. The zero-order valence-corrected chi connectivity index (χ0v) is 13.1. The minimum absolute atomic E-state index is 0.00360. The van der Waals surface area contributed by atoms with Gasteiger partial charge in [0.2, 0.25) is 0 Å². The van der Waals surface area contributed by atoms with E-state index in [1.807, 2.05) is 43.3 Å². The van der Waals surface area contributed by atoms with Crippen molar-refractivity contribution in [2.24, 2.45) is 0 Å². The van der Waals surface area contributed by atoms with E-state index in [0.29, 0.717) is 18.1 Å². The molecule has 1 aromatic heterocycles. The van der Waals surface area contributed by atoms with Gasteiger partial charge in [-0.1, -0.05) is 43.7 Å². The standard InChI is InChI=1S/C18H21NO4/c1-2-6-14-9-15(23-12-13-7-4-3-5-8-13)11-19-16(14)10-17(20)18(21)22/h3-5,7-9,11,17,20H,2,6,10,12H2,1H3,(H,21,22). The number of benzene rings is 1. The Bertz CT molecular complexity index is 643. The summed E-state index contributed by atoms with van der Waals surface area (Å²) in [6.45, 7) is 2.49. The summed E-state index contributed by atoms with van der Waals surface area (Å²) >= 11 is 0. The maximum atomic E-state index is 10.8. The van der Waals surface area contributed by atoms with Crippen molar-refractivity contribution >= 4 is 5.97 Å². The van der Waals surface area contributed by atoms with Crippen molar-refractivity contribution in [2.45, 2.75) is 38.9 Å². The van der Waals surface area contributed by atoms with Gasteiger partial charge < -0.3 is 14.9 Å². The van der Waals surface area contributed by atoms with E-state index >= 15 is 0 Å². The number of aliphatic carboxylic acids is 1. The summed E-state index contributed by atoms with van der Waals surface area (Å²) in [7, 11) is 0. The lowest BCUT2D eigenvalue weighted by Crippen LogP contribution is -2.23. The van der Waals surface area contributed by atoms with Crippen LogP contribution in [-0.2, 0) is 24.2 Å². The van der Waals surface area contributed by atoms with Crippen molar-refractivity contribution in [1.82, 2.24) is 4.98 Å². The van der Waals surface area contributed by atoms with Crippen LogP contribution in [0.1, 0.15) is 30.2 Å². The minimum atomic E-state index is -1.44. The van der Waals surface area contributed by atoms with Gasteiger partial charge in [-0.25, -0.2) is 4.79 Å². The van der Waals surface area contributed by atoms with Crippen LogP contribution in [0.25, 0.3) is 0 Å². The first kappa shape index (κ1) is 17.0. The highest BCUT2D eigenvalue weighted by atomic mass is 16.5. The van der Waals surface area contributed by atoms with Crippen molar-refractivity contribution in [1.29, 1.82) is 0 Å². The van der Waals surface area contributed by atoms with E-state index in [9.17, 15) is 9.90 Å². The van der Waals surface area contributed by atoms with Crippen molar-refractivity contribution in [3.05, 3.63) is 59.4 Å². The Hall–Kier alpha value is -2.40. The Morgan fingerprint density at radius 3 is 2.70 bits per heavy atom. The number of aliphatic hydroxyl groups is 1. The third-order valence-electron chi connectivity index (χ3n) is 3.47. The average molecular weight is 315 g/mol. The van der Waals surface area contributed by atoms with Crippen LogP contribution in [0.5, 0.6) is 5.75 Å². The molecule has 5 nitrogen and oxygen atoms in total. The number of aromatic nitrogens is 1. The summed E-state index contributed by atoms with van der Waals surface area (Å²) in [5.74, 6) is -0.593. The molecule has 0 fully saturated rings. The molecule has 0 saturated carbocycles. The van der Waals surface area contributed by atoms with Gasteiger partial charge in [-0.15, -0.1) is 0 Å². The van der Waals surface area contributed by atoms with Crippen LogP contribution in [0.15, 0.2) is 42.6 Å². The molecular formula is C18H21NO4. The molecule has 2 N–H and O–H groups in total. The smallest absolute Gasteiger partial charge is 0.332 e. The molecule has 122 valence electrons. The number of carboxylic acid groups (broad SMARTS) is 1. The van der Waals surface area contributed by atoms with Gasteiger partial charge in [-0.05, 0) is 23.6 Å². The normalized spacial score (nSPS) is 11.9. The summed E-state index contributed by atoms with van der Waals surface area (Å²) in [6.07, 6.45) is 1.81. The maximum absolute atomic E-state index is 10.8. The lowest BCUT2D eigenvalue weighted by Gasteiger charge is -2.13. The zero-order valence-electron chi connectivity index (χ0n) is 13.1. The maximum Gasteiger partial charge on any atom is 0.332 e. The number of nitrogens with zero attached hydrogens (tertiary/aromatic N) is 1. The molecule has 1 heterocycles. The molecule has 2 aromatic rings. The van der Waals surface area contributed by atoms with Crippen molar-refractivity contribution in [2.75, 3.05) is 0 Å². The second-order valence-corrected chi connectivity index (χ2v) is 5.36. The molecule has 0 amide bonds. The lowest BCUT2D eigenvalue weighted by atomic mass is 10.0. The van der Waals surface area contributed by atoms with Crippen LogP contribution >= 0.6 is 0 Å². The molecule has 1 aromatic carbocycles. The fraction of sp³-hybridized carbons (Fsp3) is 0.333. The van der Waals surface area contributed by atoms with Crippen LogP contribution in [-0.4, -0.2) is 27.3 Å². The summed E-state index contributed by atoms with van der Waals surface area (Å²) in [6, 6.07) is 11.7. The van der Waals surface area contributed by atoms with Crippen molar-refractivity contribution < 1.29 is 19.7 Å². The molecule has 0 aliphatic rings. The van der Waals surface area contributed by atoms with E-state index in [1.54, 1.807) is 6.20 Å². The van der Waals surface area contributed by atoms with Crippen LogP contribution in [0.4, 0.5) is 0 Å². The summed E-state index contributed by atoms with van der Waals surface area (Å²) in [5.41, 5.74) is 2.59. The highest BCUT2D eigenvalue weighted by Crippen LogP contribution is 2.19. The monoisotopic (exact) mass is 315 g/mol. The first-order valence-corrected chi connectivity index (χ1v) is 7.65. The number of hydrogen-bond donors (Lipinski definition) is 2. The number of rotatable bonds is 8. The third kappa shape index (κ3) is 5.07. The van der Waals surface area contributed by atoms with Crippen molar-refractivity contribution in [3.8, 4) is 5.75 Å². The van der Waals surface area contributed by atoms with E-state index in [4.69, 9.17) is 9.84 Å². The zero-order chi connectivity index (χ0) is 16.7. The second-order valence-electron chi connectivity index (χ2n) is 5.36. The van der Waals surface area contributed by atoms with Gasteiger partial charge in [0.05, 0.1) is 6.20 Å². The molecule has 0 saturated heterocycles. The predicted octanol–water partition coefficient (Wildman–Crippen LogP) is 2.60. The molecule has 0 radical (unpaired) electrons.